The second-order valence-corrected chi connectivity index (χ2v) is 5.89. The Balaban J connectivity index is 2.16. The van der Waals surface area contributed by atoms with Crippen LogP contribution in [-0.2, 0) is 6.42 Å². The third kappa shape index (κ3) is 2.67. The molecule has 1 aromatic carbocycles. The number of ether oxygens (including phenoxy) is 1. The Morgan fingerprint density at radius 3 is 2.82 bits per heavy atom. The van der Waals surface area contributed by atoms with Gasteiger partial charge in [0.05, 0.1) is 5.39 Å². The van der Waals surface area contributed by atoms with Crippen LogP contribution in [0.2, 0.25) is 0 Å². The largest absolute Gasteiger partial charge is 0.423 e. The standard InChI is InChI=1S/C17H14O4S/c1-3-11-9-15(18)20-12-7-10(2)8-13(16(11)12)21-17(19)14-5-4-6-22-14/h4-9H,3H2,1-2H3. The molecule has 0 atom stereocenters. The van der Waals surface area contributed by atoms with Crippen molar-refractivity contribution in [1.29, 1.82) is 0 Å². The van der Waals surface area contributed by atoms with Crippen molar-refractivity contribution in [2.45, 2.75) is 20.3 Å². The Morgan fingerprint density at radius 2 is 2.14 bits per heavy atom. The molecule has 0 saturated carbocycles. The van der Waals surface area contributed by atoms with Gasteiger partial charge >= 0.3 is 11.6 Å². The number of rotatable bonds is 3. The van der Waals surface area contributed by atoms with Gasteiger partial charge in [-0.05, 0) is 48.1 Å². The summed E-state index contributed by atoms with van der Waals surface area (Å²) in [7, 11) is 0. The number of hydrogen-bond acceptors (Lipinski definition) is 5. The molecule has 22 heavy (non-hydrogen) atoms. The van der Waals surface area contributed by atoms with E-state index in [-0.39, 0.29) is 0 Å². The van der Waals surface area contributed by atoms with Gasteiger partial charge in [0.1, 0.15) is 16.2 Å². The number of fused-ring (bicyclic) bond motifs is 1. The lowest BCUT2D eigenvalue weighted by molar-refractivity contribution is 0.0742. The van der Waals surface area contributed by atoms with Crippen LogP contribution in [0.25, 0.3) is 11.0 Å². The van der Waals surface area contributed by atoms with Gasteiger partial charge in [-0.1, -0.05) is 13.0 Å². The van der Waals surface area contributed by atoms with Crippen LogP contribution >= 0.6 is 11.3 Å². The molecule has 0 saturated heterocycles. The highest BCUT2D eigenvalue weighted by Crippen LogP contribution is 2.31. The van der Waals surface area contributed by atoms with Crippen LogP contribution in [0.5, 0.6) is 5.75 Å². The summed E-state index contributed by atoms with van der Waals surface area (Å²) in [5, 5.41) is 2.50. The van der Waals surface area contributed by atoms with E-state index in [0.717, 1.165) is 11.1 Å². The lowest BCUT2D eigenvalue weighted by atomic mass is 10.1. The van der Waals surface area contributed by atoms with Gasteiger partial charge in [-0.25, -0.2) is 9.59 Å². The summed E-state index contributed by atoms with van der Waals surface area (Å²) < 4.78 is 10.8. The maximum absolute atomic E-state index is 12.2. The maximum Gasteiger partial charge on any atom is 0.353 e. The Bertz CT molecular complexity index is 891. The summed E-state index contributed by atoms with van der Waals surface area (Å²) in [5.41, 5.74) is 1.71. The van der Waals surface area contributed by atoms with Crippen LogP contribution in [0.4, 0.5) is 0 Å². The first-order valence-electron chi connectivity index (χ1n) is 6.91. The molecule has 0 unspecified atom stereocenters. The third-order valence-electron chi connectivity index (χ3n) is 3.34. The highest BCUT2D eigenvalue weighted by atomic mass is 32.1. The predicted molar refractivity (Wildman–Crippen MR) is 85.9 cm³/mol. The first-order valence-corrected chi connectivity index (χ1v) is 7.79. The van der Waals surface area contributed by atoms with Crippen LogP contribution in [0.1, 0.15) is 27.7 Å². The molecule has 0 fully saturated rings. The molecule has 3 rings (SSSR count). The van der Waals surface area contributed by atoms with Crippen molar-refractivity contribution >= 4 is 28.3 Å². The van der Waals surface area contributed by atoms with E-state index in [1.807, 2.05) is 19.2 Å². The van der Waals surface area contributed by atoms with Crippen LogP contribution in [0.15, 0.2) is 44.9 Å². The van der Waals surface area contributed by atoms with Gasteiger partial charge in [0.15, 0.2) is 0 Å². The van der Waals surface area contributed by atoms with Crippen molar-refractivity contribution in [2.24, 2.45) is 0 Å². The number of carbonyl (C=O) groups is 1. The molecule has 3 aromatic rings. The Morgan fingerprint density at radius 1 is 1.32 bits per heavy atom. The molecule has 2 aromatic heterocycles. The van der Waals surface area contributed by atoms with E-state index in [1.165, 1.54) is 17.4 Å². The molecular formula is C17H14O4S. The summed E-state index contributed by atoms with van der Waals surface area (Å²) >= 11 is 1.32. The van der Waals surface area contributed by atoms with Gasteiger partial charge in [0.25, 0.3) is 0 Å². The van der Waals surface area contributed by atoms with Gasteiger partial charge in [0, 0.05) is 6.07 Å². The van der Waals surface area contributed by atoms with Crippen LogP contribution in [-0.4, -0.2) is 5.97 Å². The predicted octanol–water partition coefficient (Wildman–Crippen LogP) is 3.94. The second-order valence-electron chi connectivity index (χ2n) is 4.95. The topological polar surface area (TPSA) is 56.5 Å². The zero-order chi connectivity index (χ0) is 15.7. The van der Waals surface area contributed by atoms with Crippen molar-refractivity contribution in [1.82, 2.24) is 0 Å². The minimum absolute atomic E-state index is 0.398. The van der Waals surface area contributed by atoms with E-state index < -0.39 is 11.6 Å². The zero-order valence-corrected chi connectivity index (χ0v) is 13.0. The van der Waals surface area contributed by atoms with Crippen LogP contribution < -0.4 is 10.4 Å². The molecule has 0 aliphatic rings. The highest BCUT2D eigenvalue weighted by Gasteiger charge is 2.16. The average Bonchev–Trinajstić information content (AvgIpc) is 2.99. The molecule has 0 radical (unpaired) electrons. The Labute approximate surface area is 131 Å². The van der Waals surface area contributed by atoms with Crippen molar-refractivity contribution in [3.8, 4) is 5.75 Å². The SMILES string of the molecule is CCc1cc(=O)oc2cc(C)cc(OC(=O)c3cccs3)c12. The van der Waals surface area contributed by atoms with Crippen molar-refractivity contribution in [3.05, 3.63) is 62.1 Å². The number of hydrogen-bond donors (Lipinski definition) is 0. The fourth-order valence-electron chi connectivity index (χ4n) is 2.37. The second kappa shape index (κ2) is 5.77. The number of benzene rings is 1. The molecule has 0 N–H and O–H groups in total. The number of aryl methyl sites for hydroxylation is 2. The quantitative estimate of drug-likeness (QED) is 0.417. The minimum Gasteiger partial charge on any atom is -0.423 e. The molecule has 0 aliphatic heterocycles. The summed E-state index contributed by atoms with van der Waals surface area (Å²) in [5.74, 6) is 0.0177. The molecule has 0 aliphatic carbocycles. The van der Waals surface area contributed by atoms with Crippen molar-refractivity contribution in [2.75, 3.05) is 0 Å². The normalized spacial score (nSPS) is 10.8. The van der Waals surface area contributed by atoms with E-state index in [4.69, 9.17) is 9.15 Å². The molecule has 112 valence electrons. The van der Waals surface area contributed by atoms with Gasteiger partial charge in [-0.2, -0.15) is 0 Å². The third-order valence-corrected chi connectivity index (χ3v) is 4.19. The number of carbonyl (C=O) groups excluding carboxylic acids is 1. The monoisotopic (exact) mass is 314 g/mol. The van der Waals surface area contributed by atoms with E-state index in [2.05, 4.69) is 0 Å². The lowest BCUT2D eigenvalue weighted by Gasteiger charge is -2.10. The maximum atomic E-state index is 12.2. The Kier molecular flexibility index (Phi) is 3.81. The van der Waals surface area contributed by atoms with Gasteiger partial charge in [0.2, 0.25) is 0 Å². The molecule has 2 heterocycles. The van der Waals surface area contributed by atoms with Gasteiger partial charge in [-0.3, -0.25) is 0 Å². The summed E-state index contributed by atoms with van der Waals surface area (Å²) in [6.07, 6.45) is 0.648. The first kappa shape index (κ1) is 14.5. The smallest absolute Gasteiger partial charge is 0.353 e. The van der Waals surface area contributed by atoms with Crippen LogP contribution in [0, 0.1) is 6.92 Å². The summed E-state index contributed by atoms with van der Waals surface area (Å²) in [6.45, 7) is 3.81. The minimum atomic E-state index is -0.407. The molecule has 0 spiro atoms. The average molecular weight is 314 g/mol. The zero-order valence-electron chi connectivity index (χ0n) is 12.2. The Hall–Kier alpha value is -2.40. The molecule has 5 heteroatoms. The number of esters is 1. The van der Waals surface area contributed by atoms with Crippen LogP contribution in [0.3, 0.4) is 0 Å². The van der Waals surface area contributed by atoms with Gasteiger partial charge in [-0.15, -0.1) is 11.3 Å². The fourth-order valence-corrected chi connectivity index (χ4v) is 2.97. The number of thiophene rings is 1. The molecule has 4 nitrogen and oxygen atoms in total. The molecule has 0 bridgehead atoms. The van der Waals surface area contributed by atoms with E-state index in [0.29, 0.717) is 28.0 Å². The van der Waals surface area contributed by atoms with Crippen molar-refractivity contribution in [3.63, 3.8) is 0 Å². The lowest BCUT2D eigenvalue weighted by Crippen LogP contribution is -2.08. The van der Waals surface area contributed by atoms with E-state index in [1.54, 1.807) is 24.3 Å². The molecule has 0 amide bonds. The van der Waals surface area contributed by atoms with E-state index >= 15 is 0 Å². The van der Waals surface area contributed by atoms with Gasteiger partial charge < -0.3 is 9.15 Å². The summed E-state index contributed by atoms with van der Waals surface area (Å²) in [6, 6.07) is 8.52. The highest BCUT2D eigenvalue weighted by molar-refractivity contribution is 7.12. The van der Waals surface area contributed by atoms with E-state index in [9.17, 15) is 9.59 Å². The molecular weight excluding hydrogens is 300 g/mol. The first-order chi connectivity index (χ1) is 10.6. The van der Waals surface area contributed by atoms with Crippen molar-refractivity contribution < 1.29 is 13.9 Å². The summed E-state index contributed by atoms with van der Waals surface area (Å²) in [4.78, 5) is 24.3. The fraction of sp³-hybridized carbons (Fsp3) is 0.176.